The van der Waals surface area contributed by atoms with Gasteiger partial charge in [0.05, 0.1) is 6.26 Å². The van der Waals surface area contributed by atoms with Crippen LogP contribution < -0.4 is 0 Å². The van der Waals surface area contributed by atoms with Crippen LogP contribution in [-0.4, -0.2) is 0 Å². The number of rotatable bonds is 1. The highest BCUT2D eigenvalue weighted by atomic mass is 79.9. The quantitative estimate of drug-likeness (QED) is 0.730. The van der Waals surface area contributed by atoms with E-state index in [9.17, 15) is 4.39 Å². The summed E-state index contributed by atoms with van der Waals surface area (Å²) in [5.74, 6) is 0. The van der Waals surface area contributed by atoms with Crippen LogP contribution in [0.3, 0.4) is 0 Å². The summed E-state index contributed by atoms with van der Waals surface area (Å²) in [5, 5.41) is 0.831. The molecule has 13 heavy (non-hydrogen) atoms. The van der Waals surface area contributed by atoms with Gasteiger partial charge in [-0.05, 0) is 19.1 Å². The van der Waals surface area contributed by atoms with Crippen LogP contribution in [0.4, 0.5) is 4.39 Å². The standard InChI is InChI=1S/C10H8BrFO/c1-6(12)7-5-13-9-4-2-3-8(11)10(7)9/h2-6H,1H3. The van der Waals surface area contributed by atoms with Gasteiger partial charge in [0.25, 0.3) is 0 Å². The zero-order valence-corrected chi connectivity index (χ0v) is 8.64. The highest BCUT2D eigenvalue weighted by molar-refractivity contribution is 9.10. The summed E-state index contributed by atoms with van der Waals surface area (Å²) in [6, 6.07) is 5.57. The average Bonchev–Trinajstić information content (AvgIpc) is 2.49. The molecule has 0 spiro atoms. The van der Waals surface area contributed by atoms with Crippen LogP contribution in [0, 0.1) is 0 Å². The molecule has 1 nitrogen and oxygen atoms in total. The van der Waals surface area contributed by atoms with Crippen molar-refractivity contribution in [2.24, 2.45) is 0 Å². The summed E-state index contributed by atoms with van der Waals surface area (Å²) >= 11 is 3.37. The Hall–Kier alpha value is -0.830. The number of fused-ring (bicyclic) bond motifs is 1. The summed E-state index contributed by atoms with van der Waals surface area (Å²) in [7, 11) is 0. The van der Waals surface area contributed by atoms with E-state index in [4.69, 9.17) is 4.42 Å². The van der Waals surface area contributed by atoms with Crippen molar-refractivity contribution in [1.29, 1.82) is 0 Å². The molecule has 0 amide bonds. The van der Waals surface area contributed by atoms with E-state index in [0.717, 1.165) is 9.86 Å². The maximum atomic E-state index is 13.1. The van der Waals surface area contributed by atoms with E-state index in [1.807, 2.05) is 18.2 Å². The van der Waals surface area contributed by atoms with Gasteiger partial charge in [-0.2, -0.15) is 0 Å². The SMILES string of the molecule is CC(F)c1coc2cccc(Br)c12. The third-order valence-electron chi connectivity index (χ3n) is 2.01. The van der Waals surface area contributed by atoms with Crippen LogP contribution in [0.25, 0.3) is 11.0 Å². The van der Waals surface area contributed by atoms with Gasteiger partial charge in [-0.25, -0.2) is 4.39 Å². The van der Waals surface area contributed by atoms with E-state index in [1.54, 1.807) is 0 Å². The maximum absolute atomic E-state index is 13.1. The van der Waals surface area contributed by atoms with E-state index in [-0.39, 0.29) is 0 Å². The van der Waals surface area contributed by atoms with E-state index in [1.165, 1.54) is 13.2 Å². The van der Waals surface area contributed by atoms with Gasteiger partial charge in [0.2, 0.25) is 0 Å². The molecule has 2 aromatic rings. The Bertz CT molecular complexity index is 433. The first-order valence-electron chi connectivity index (χ1n) is 4.00. The second-order valence-corrected chi connectivity index (χ2v) is 3.77. The number of furan rings is 1. The van der Waals surface area contributed by atoms with Gasteiger partial charge in [-0.3, -0.25) is 0 Å². The fraction of sp³-hybridized carbons (Fsp3) is 0.200. The summed E-state index contributed by atoms with van der Waals surface area (Å²) < 4.78 is 19.2. The molecule has 0 saturated heterocycles. The molecular weight excluding hydrogens is 235 g/mol. The molecule has 2 rings (SSSR count). The summed E-state index contributed by atoms with van der Waals surface area (Å²) in [6.07, 6.45) is 0.472. The molecule has 3 heteroatoms. The minimum atomic E-state index is -1.00. The fourth-order valence-corrected chi connectivity index (χ4v) is 1.94. The fourth-order valence-electron chi connectivity index (χ4n) is 1.36. The van der Waals surface area contributed by atoms with Crippen molar-refractivity contribution in [3.8, 4) is 0 Å². The van der Waals surface area contributed by atoms with Gasteiger partial charge in [0, 0.05) is 15.4 Å². The Balaban J connectivity index is 2.79. The molecule has 0 aliphatic heterocycles. The number of benzene rings is 1. The van der Waals surface area contributed by atoms with Gasteiger partial charge in [-0.15, -0.1) is 0 Å². The van der Waals surface area contributed by atoms with Crippen molar-refractivity contribution in [3.63, 3.8) is 0 Å². The summed E-state index contributed by atoms with van der Waals surface area (Å²) in [5.41, 5.74) is 1.32. The van der Waals surface area contributed by atoms with Crippen molar-refractivity contribution in [1.82, 2.24) is 0 Å². The van der Waals surface area contributed by atoms with Crippen LogP contribution in [-0.2, 0) is 0 Å². The topological polar surface area (TPSA) is 13.1 Å². The molecule has 1 aromatic heterocycles. The molecule has 1 unspecified atom stereocenters. The molecule has 0 N–H and O–H groups in total. The molecule has 1 aromatic carbocycles. The van der Waals surface area contributed by atoms with Crippen LogP contribution in [0.1, 0.15) is 18.7 Å². The molecule has 1 heterocycles. The minimum absolute atomic E-state index is 0.600. The smallest absolute Gasteiger partial charge is 0.135 e. The van der Waals surface area contributed by atoms with Crippen molar-refractivity contribution in [3.05, 3.63) is 34.5 Å². The molecule has 0 fully saturated rings. The van der Waals surface area contributed by atoms with Crippen LogP contribution >= 0.6 is 15.9 Å². The number of alkyl halides is 1. The predicted molar refractivity (Wildman–Crippen MR) is 53.4 cm³/mol. The first-order valence-corrected chi connectivity index (χ1v) is 4.79. The molecule has 0 aliphatic rings. The second kappa shape index (κ2) is 3.14. The first-order chi connectivity index (χ1) is 6.20. The Labute approximate surface area is 83.7 Å². The van der Waals surface area contributed by atoms with E-state index >= 15 is 0 Å². The van der Waals surface area contributed by atoms with Crippen molar-refractivity contribution < 1.29 is 8.81 Å². The molecular formula is C10H8BrFO. The lowest BCUT2D eigenvalue weighted by Crippen LogP contribution is -1.82. The van der Waals surface area contributed by atoms with Gasteiger partial charge in [0.15, 0.2) is 0 Å². The van der Waals surface area contributed by atoms with E-state index in [0.29, 0.717) is 11.1 Å². The highest BCUT2D eigenvalue weighted by Crippen LogP contribution is 2.33. The molecule has 68 valence electrons. The van der Waals surface area contributed by atoms with Gasteiger partial charge in [-0.1, -0.05) is 22.0 Å². The van der Waals surface area contributed by atoms with Crippen LogP contribution in [0.2, 0.25) is 0 Å². The van der Waals surface area contributed by atoms with Crippen molar-refractivity contribution in [2.75, 3.05) is 0 Å². The average molecular weight is 243 g/mol. The lowest BCUT2D eigenvalue weighted by molar-refractivity contribution is 0.373. The summed E-state index contributed by atoms with van der Waals surface area (Å²) in [6.45, 7) is 1.50. The number of hydrogen-bond acceptors (Lipinski definition) is 1. The molecule has 0 saturated carbocycles. The Kier molecular flexibility index (Phi) is 2.12. The van der Waals surface area contributed by atoms with Crippen molar-refractivity contribution in [2.45, 2.75) is 13.1 Å². The van der Waals surface area contributed by atoms with Gasteiger partial charge >= 0.3 is 0 Å². The summed E-state index contributed by atoms with van der Waals surface area (Å²) in [4.78, 5) is 0. The minimum Gasteiger partial charge on any atom is -0.464 e. The largest absolute Gasteiger partial charge is 0.464 e. The number of halogens is 2. The van der Waals surface area contributed by atoms with Crippen LogP contribution in [0.5, 0.6) is 0 Å². The zero-order chi connectivity index (χ0) is 9.42. The lowest BCUT2D eigenvalue weighted by Gasteiger charge is -1.98. The Morgan fingerprint density at radius 1 is 1.46 bits per heavy atom. The zero-order valence-electron chi connectivity index (χ0n) is 7.05. The Morgan fingerprint density at radius 2 is 2.23 bits per heavy atom. The molecule has 0 aliphatic carbocycles. The first kappa shape index (κ1) is 8.75. The van der Waals surface area contributed by atoms with E-state index < -0.39 is 6.17 Å². The molecule has 0 radical (unpaired) electrons. The Morgan fingerprint density at radius 3 is 2.92 bits per heavy atom. The third-order valence-corrected chi connectivity index (χ3v) is 2.67. The van der Waals surface area contributed by atoms with Gasteiger partial charge < -0.3 is 4.42 Å². The maximum Gasteiger partial charge on any atom is 0.135 e. The second-order valence-electron chi connectivity index (χ2n) is 2.92. The monoisotopic (exact) mass is 242 g/mol. The van der Waals surface area contributed by atoms with Crippen molar-refractivity contribution >= 4 is 26.9 Å². The third kappa shape index (κ3) is 1.37. The van der Waals surface area contributed by atoms with Crippen LogP contribution in [0.15, 0.2) is 33.4 Å². The predicted octanol–water partition coefficient (Wildman–Crippen LogP) is 4.23. The lowest BCUT2D eigenvalue weighted by atomic mass is 10.1. The highest BCUT2D eigenvalue weighted by Gasteiger charge is 2.13. The number of hydrogen-bond donors (Lipinski definition) is 0. The van der Waals surface area contributed by atoms with Gasteiger partial charge in [0.1, 0.15) is 11.8 Å². The van der Waals surface area contributed by atoms with E-state index in [2.05, 4.69) is 15.9 Å². The normalized spacial score (nSPS) is 13.5. The molecule has 0 bridgehead atoms. The molecule has 1 atom stereocenters.